The number of nitrogens with zero attached hydrogens (tertiary/aromatic N) is 1. The van der Waals surface area contributed by atoms with E-state index in [1.54, 1.807) is 18.2 Å². The van der Waals surface area contributed by atoms with Crippen LogP contribution >= 0.6 is 0 Å². The number of nitrogens with two attached hydrogens (primary N) is 1. The van der Waals surface area contributed by atoms with Crippen molar-refractivity contribution in [3.8, 4) is 0 Å². The fourth-order valence-electron chi connectivity index (χ4n) is 1.82. The van der Waals surface area contributed by atoms with Gasteiger partial charge in [0.05, 0.1) is 0 Å². The van der Waals surface area contributed by atoms with Gasteiger partial charge in [-0.05, 0) is 12.1 Å². The van der Waals surface area contributed by atoms with Crippen LogP contribution in [-0.4, -0.2) is 16.7 Å². The Labute approximate surface area is 100 Å². The zero-order valence-electron chi connectivity index (χ0n) is 9.16. The number of carbonyl (C=O) groups excluding carboxylic acids is 1. The first kappa shape index (κ1) is 12.4. The smallest absolute Gasteiger partial charge is 0.327 e. The summed E-state index contributed by atoms with van der Waals surface area (Å²) in [7, 11) is 0. The van der Waals surface area contributed by atoms with E-state index < -0.39 is 18.6 Å². The fraction of sp³-hybridized carbons (Fsp3) is 0.182. The predicted molar refractivity (Wildman–Crippen MR) is 59.6 cm³/mol. The van der Waals surface area contributed by atoms with Crippen molar-refractivity contribution in [2.45, 2.75) is 12.7 Å². The summed E-state index contributed by atoms with van der Waals surface area (Å²) in [6.45, 7) is -1.23. The van der Waals surface area contributed by atoms with Gasteiger partial charge in [-0.15, -0.1) is 0 Å². The Balaban J connectivity index is 2.61. The molecule has 0 saturated carbocycles. The molecule has 2 rings (SSSR count). The third-order valence-corrected chi connectivity index (χ3v) is 2.51. The number of nitrogen functional groups attached to an aromatic ring is 1. The molecule has 7 heteroatoms. The maximum atomic E-state index is 12.5. The van der Waals surface area contributed by atoms with Crippen LogP contribution in [0, 0.1) is 0 Å². The largest absolute Gasteiger partial charge is 0.406 e. The van der Waals surface area contributed by atoms with Gasteiger partial charge in [-0.1, -0.05) is 18.2 Å². The Morgan fingerprint density at radius 2 is 2.00 bits per heavy atom. The second-order valence-electron chi connectivity index (χ2n) is 3.76. The van der Waals surface area contributed by atoms with E-state index in [2.05, 4.69) is 0 Å². The average molecular weight is 257 g/mol. The molecule has 3 N–H and O–H groups in total. The molecular weight excluding hydrogens is 247 g/mol. The molecule has 0 aliphatic rings. The Kier molecular flexibility index (Phi) is 3.00. The minimum absolute atomic E-state index is 0.115. The molecule has 0 aliphatic carbocycles. The molecule has 0 spiro atoms. The summed E-state index contributed by atoms with van der Waals surface area (Å²) in [6, 6.07) is 7.83. The zero-order chi connectivity index (χ0) is 13.3. The van der Waals surface area contributed by atoms with Gasteiger partial charge in [-0.2, -0.15) is 13.2 Å². The first-order chi connectivity index (χ1) is 8.42. The molecule has 0 saturated heterocycles. The molecule has 0 radical (unpaired) electrons. The van der Waals surface area contributed by atoms with Gasteiger partial charge in [0.25, 0.3) is 5.91 Å². The lowest BCUT2D eigenvalue weighted by atomic mass is 10.2. The second-order valence-corrected chi connectivity index (χ2v) is 3.76. The minimum Gasteiger partial charge on any atom is -0.327 e. The molecule has 1 heterocycles. The number of rotatable bonds is 2. The van der Waals surface area contributed by atoms with Gasteiger partial charge < -0.3 is 4.57 Å². The van der Waals surface area contributed by atoms with Gasteiger partial charge in [0, 0.05) is 10.9 Å². The van der Waals surface area contributed by atoms with Crippen molar-refractivity contribution in [1.29, 1.82) is 0 Å². The van der Waals surface area contributed by atoms with E-state index in [1.807, 2.05) is 5.43 Å². The number of amides is 1. The summed E-state index contributed by atoms with van der Waals surface area (Å²) in [5.74, 6) is 4.21. The summed E-state index contributed by atoms with van der Waals surface area (Å²) < 4.78 is 38.4. The quantitative estimate of drug-likeness (QED) is 0.489. The fourth-order valence-corrected chi connectivity index (χ4v) is 1.82. The molecule has 0 unspecified atom stereocenters. The van der Waals surface area contributed by atoms with Gasteiger partial charge in [-0.25, -0.2) is 5.84 Å². The van der Waals surface area contributed by atoms with Gasteiger partial charge in [0.2, 0.25) is 0 Å². The first-order valence-corrected chi connectivity index (χ1v) is 5.08. The van der Waals surface area contributed by atoms with Crippen molar-refractivity contribution in [3.63, 3.8) is 0 Å². The van der Waals surface area contributed by atoms with Crippen molar-refractivity contribution in [2.24, 2.45) is 5.84 Å². The Hall–Kier alpha value is -2.02. The Morgan fingerprint density at radius 3 is 2.61 bits per heavy atom. The monoisotopic (exact) mass is 257 g/mol. The molecule has 0 atom stereocenters. The molecular formula is C11H10F3N3O. The van der Waals surface area contributed by atoms with Crippen molar-refractivity contribution in [1.82, 2.24) is 9.99 Å². The first-order valence-electron chi connectivity index (χ1n) is 5.08. The van der Waals surface area contributed by atoms with Crippen molar-refractivity contribution in [3.05, 3.63) is 36.0 Å². The highest BCUT2D eigenvalue weighted by Gasteiger charge is 2.30. The molecule has 0 bridgehead atoms. The van der Waals surface area contributed by atoms with Crippen LogP contribution in [0.15, 0.2) is 30.3 Å². The van der Waals surface area contributed by atoms with Crippen molar-refractivity contribution in [2.75, 3.05) is 0 Å². The van der Waals surface area contributed by atoms with Gasteiger partial charge in [0.1, 0.15) is 12.2 Å². The van der Waals surface area contributed by atoms with E-state index in [0.717, 1.165) is 4.57 Å². The number of alkyl halides is 3. The number of nitrogens with one attached hydrogen (secondary N) is 1. The summed E-state index contributed by atoms with van der Waals surface area (Å²) in [4.78, 5) is 11.5. The van der Waals surface area contributed by atoms with Crippen LogP contribution in [-0.2, 0) is 6.54 Å². The number of hydrogen-bond acceptors (Lipinski definition) is 2. The average Bonchev–Trinajstić information content (AvgIpc) is 2.65. The van der Waals surface area contributed by atoms with E-state index in [9.17, 15) is 18.0 Å². The van der Waals surface area contributed by atoms with E-state index in [0.29, 0.717) is 10.9 Å². The predicted octanol–water partition coefficient (Wildman–Crippen LogP) is 1.81. The topological polar surface area (TPSA) is 60.0 Å². The summed E-state index contributed by atoms with van der Waals surface area (Å²) in [5.41, 5.74) is 2.07. The number of fused-ring (bicyclic) bond motifs is 1. The summed E-state index contributed by atoms with van der Waals surface area (Å²) in [6.07, 6.45) is -4.41. The minimum atomic E-state index is -4.41. The van der Waals surface area contributed by atoms with Crippen molar-refractivity contribution < 1.29 is 18.0 Å². The van der Waals surface area contributed by atoms with Crippen LogP contribution in [0.3, 0.4) is 0 Å². The standard InChI is InChI=1S/C11H10F3N3O/c12-11(13,14)6-17-8-4-2-1-3-7(8)5-9(17)10(18)16-15/h1-5H,6,15H2,(H,16,18). The third kappa shape index (κ3) is 2.30. The lowest BCUT2D eigenvalue weighted by molar-refractivity contribution is -0.140. The van der Waals surface area contributed by atoms with E-state index >= 15 is 0 Å². The molecule has 4 nitrogen and oxygen atoms in total. The highest BCUT2D eigenvalue weighted by atomic mass is 19.4. The number of para-hydroxylation sites is 1. The van der Waals surface area contributed by atoms with E-state index in [-0.39, 0.29) is 5.69 Å². The van der Waals surface area contributed by atoms with Crippen molar-refractivity contribution >= 4 is 16.8 Å². The molecule has 0 fully saturated rings. The molecule has 1 amide bonds. The molecule has 2 aromatic rings. The maximum Gasteiger partial charge on any atom is 0.406 e. The Bertz CT molecular complexity index is 589. The van der Waals surface area contributed by atoms with E-state index in [1.165, 1.54) is 12.1 Å². The van der Waals surface area contributed by atoms with E-state index in [4.69, 9.17) is 5.84 Å². The highest BCUT2D eigenvalue weighted by molar-refractivity contribution is 5.98. The number of hydrazine groups is 1. The molecule has 18 heavy (non-hydrogen) atoms. The third-order valence-electron chi connectivity index (χ3n) is 2.51. The second kappa shape index (κ2) is 4.34. The molecule has 1 aromatic heterocycles. The number of hydrogen-bond donors (Lipinski definition) is 2. The molecule has 96 valence electrons. The number of aromatic nitrogens is 1. The van der Waals surface area contributed by atoms with Crippen LogP contribution in [0.25, 0.3) is 10.9 Å². The number of halogens is 3. The summed E-state index contributed by atoms with van der Waals surface area (Å²) in [5, 5.41) is 0.556. The Morgan fingerprint density at radius 1 is 1.33 bits per heavy atom. The van der Waals surface area contributed by atoms with Crippen LogP contribution in [0.1, 0.15) is 10.5 Å². The lowest BCUT2D eigenvalue weighted by Gasteiger charge is -2.12. The van der Waals surface area contributed by atoms with Crippen LogP contribution in [0.4, 0.5) is 13.2 Å². The molecule has 0 aliphatic heterocycles. The number of benzene rings is 1. The summed E-state index contributed by atoms with van der Waals surface area (Å²) >= 11 is 0. The maximum absolute atomic E-state index is 12.5. The van der Waals surface area contributed by atoms with Crippen LogP contribution in [0.5, 0.6) is 0 Å². The number of carbonyl (C=O) groups is 1. The van der Waals surface area contributed by atoms with Gasteiger partial charge in [0.15, 0.2) is 0 Å². The molecule has 1 aromatic carbocycles. The zero-order valence-corrected chi connectivity index (χ0v) is 9.16. The van der Waals surface area contributed by atoms with Gasteiger partial charge >= 0.3 is 6.18 Å². The van der Waals surface area contributed by atoms with Gasteiger partial charge in [-0.3, -0.25) is 10.2 Å². The SMILES string of the molecule is NNC(=O)c1cc2ccccc2n1CC(F)(F)F. The van der Waals surface area contributed by atoms with Crippen LogP contribution < -0.4 is 11.3 Å². The normalized spacial score (nSPS) is 11.8. The van der Waals surface area contributed by atoms with Crippen LogP contribution in [0.2, 0.25) is 0 Å². The highest BCUT2D eigenvalue weighted by Crippen LogP contribution is 2.25. The lowest BCUT2D eigenvalue weighted by Crippen LogP contribution is -2.33.